The minimum absolute atomic E-state index is 0.0422. The largest absolute Gasteiger partial charge is 0.504 e. The van der Waals surface area contributed by atoms with Crippen molar-refractivity contribution in [2.45, 2.75) is 32.5 Å². The fraction of sp³-hybridized carbons (Fsp3) is 0.500. The van der Waals surface area contributed by atoms with Crippen LogP contribution >= 0.6 is 0 Å². The van der Waals surface area contributed by atoms with E-state index < -0.39 is 0 Å². The number of aromatic hydroxyl groups is 1. The highest BCUT2D eigenvalue weighted by Gasteiger charge is 2.25. The Morgan fingerprint density at radius 3 is 2.80 bits per heavy atom. The van der Waals surface area contributed by atoms with Gasteiger partial charge in [0.25, 0.3) is 0 Å². The first-order valence-corrected chi connectivity index (χ1v) is 5.17. The van der Waals surface area contributed by atoms with Crippen molar-refractivity contribution < 1.29 is 14.6 Å². The van der Waals surface area contributed by atoms with Gasteiger partial charge in [-0.05, 0) is 25.5 Å². The summed E-state index contributed by atoms with van der Waals surface area (Å²) in [5.41, 5.74) is 2.02. The van der Waals surface area contributed by atoms with Crippen LogP contribution in [0.5, 0.6) is 11.5 Å². The second kappa shape index (κ2) is 3.74. The lowest BCUT2D eigenvalue weighted by molar-refractivity contribution is -0.00544. The van der Waals surface area contributed by atoms with E-state index in [1.807, 2.05) is 19.9 Å². The zero-order chi connectivity index (χ0) is 11.0. The van der Waals surface area contributed by atoms with Crippen LogP contribution in [-0.4, -0.2) is 18.3 Å². The van der Waals surface area contributed by atoms with Crippen molar-refractivity contribution in [2.75, 3.05) is 7.11 Å². The second-order valence-electron chi connectivity index (χ2n) is 3.98. The van der Waals surface area contributed by atoms with E-state index in [-0.39, 0.29) is 18.0 Å². The molecule has 0 saturated carbocycles. The molecule has 0 spiro atoms. The minimum Gasteiger partial charge on any atom is -0.504 e. The van der Waals surface area contributed by atoms with Crippen LogP contribution in [0.1, 0.15) is 31.1 Å². The van der Waals surface area contributed by atoms with Gasteiger partial charge >= 0.3 is 0 Å². The van der Waals surface area contributed by atoms with Gasteiger partial charge in [-0.3, -0.25) is 0 Å². The van der Waals surface area contributed by atoms with Crippen molar-refractivity contribution >= 4 is 0 Å². The number of hydrogen-bond donors (Lipinski definition) is 1. The van der Waals surface area contributed by atoms with Crippen LogP contribution in [0.2, 0.25) is 0 Å². The van der Waals surface area contributed by atoms with E-state index in [9.17, 15) is 5.11 Å². The Kier molecular flexibility index (Phi) is 2.57. The summed E-state index contributed by atoms with van der Waals surface area (Å²) in [7, 11) is 1.56. The van der Waals surface area contributed by atoms with Crippen molar-refractivity contribution in [2.24, 2.45) is 0 Å². The molecule has 0 saturated heterocycles. The minimum atomic E-state index is 0.0422. The highest BCUT2D eigenvalue weighted by molar-refractivity contribution is 5.51. The molecule has 0 aliphatic carbocycles. The van der Waals surface area contributed by atoms with Crippen molar-refractivity contribution in [3.63, 3.8) is 0 Å². The maximum absolute atomic E-state index is 9.99. The maximum Gasteiger partial charge on any atom is 0.161 e. The highest BCUT2D eigenvalue weighted by atomic mass is 16.5. The molecule has 82 valence electrons. The molecule has 2 atom stereocenters. The van der Waals surface area contributed by atoms with E-state index in [0.717, 1.165) is 17.5 Å². The number of rotatable bonds is 1. The van der Waals surface area contributed by atoms with E-state index >= 15 is 0 Å². The molecule has 0 radical (unpaired) electrons. The van der Waals surface area contributed by atoms with Gasteiger partial charge in [0, 0.05) is 12.0 Å². The van der Waals surface area contributed by atoms with Gasteiger partial charge in [-0.15, -0.1) is 0 Å². The Bertz CT molecular complexity index is 373. The molecule has 15 heavy (non-hydrogen) atoms. The monoisotopic (exact) mass is 208 g/mol. The van der Waals surface area contributed by atoms with Crippen LogP contribution in [0.3, 0.4) is 0 Å². The van der Waals surface area contributed by atoms with Gasteiger partial charge in [0.2, 0.25) is 0 Å². The number of ether oxygens (including phenoxy) is 2. The topological polar surface area (TPSA) is 38.7 Å². The molecule has 1 aliphatic heterocycles. The normalized spacial score (nSPS) is 24.7. The standard InChI is InChI=1S/C12H16O3/c1-7-6-10-9(8(2)15-7)4-5-11(14-3)12(10)13/h4-5,7-8,13H,6H2,1-3H3/t7-,8-/m1/s1. The van der Waals surface area contributed by atoms with Gasteiger partial charge in [0.05, 0.1) is 19.3 Å². The van der Waals surface area contributed by atoms with Crippen LogP contribution < -0.4 is 4.74 Å². The zero-order valence-corrected chi connectivity index (χ0v) is 9.28. The van der Waals surface area contributed by atoms with Crippen LogP contribution in [0.15, 0.2) is 12.1 Å². The lowest BCUT2D eigenvalue weighted by atomic mass is 9.94. The lowest BCUT2D eigenvalue weighted by Gasteiger charge is -2.29. The molecule has 3 heteroatoms. The predicted molar refractivity (Wildman–Crippen MR) is 57.3 cm³/mol. The van der Waals surface area contributed by atoms with Crippen LogP contribution in [-0.2, 0) is 11.2 Å². The summed E-state index contributed by atoms with van der Waals surface area (Å²) in [5, 5.41) is 9.99. The lowest BCUT2D eigenvalue weighted by Crippen LogP contribution is -2.22. The van der Waals surface area contributed by atoms with Crippen molar-refractivity contribution in [3.8, 4) is 11.5 Å². The number of phenolic OH excluding ortho intramolecular Hbond substituents is 1. The molecule has 2 rings (SSSR count). The van der Waals surface area contributed by atoms with Gasteiger partial charge < -0.3 is 14.6 Å². The third-order valence-electron chi connectivity index (χ3n) is 2.87. The Labute approximate surface area is 89.6 Å². The van der Waals surface area contributed by atoms with Gasteiger partial charge in [-0.25, -0.2) is 0 Å². The van der Waals surface area contributed by atoms with Crippen molar-refractivity contribution in [1.82, 2.24) is 0 Å². The molecule has 0 unspecified atom stereocenters. The van der Waals surface area contributed by atoms with Gasteiger partial charge in [-0.2, -0.15) is 0 Å². The number of fused-ring (bicyclic) bond motifs is 1. The molecule has 0 fully saturated rings. The fourth-order valence-corrected chi connectivity index (χ4v) is 2.15. The summed E-state index contributed by atoms with van der Waals surface area (Å²) in [6, 6.07) is 3.74. The van der Waals surface area contributed by atoms with E-state index in [0.29, 0.717) is 5.75 Å². The second-order valence-corrected chi connectivity index (χ2v) is 3.98. The van der Waals surface area contributed by atoms with Crippen molar-refractivity contribution in [3.05, 3.63) is 23.3 Å². The first-order valence-electron chi connectivity index (χ1n) is 5.17. The third kappa shape index (κ3) is 1.67. The summed E-state index contributed by atoms with van der Waals surface area (Å²) in [6.45, 7) is 4.01. The summed E-state index contributed by atoms with van der Waals surface area (Å²) in [6.07, 6.45) is 0.925. The summed E-state index contributed by atoms with van der Waals surface area (Å²) >= 11 is 0. The first kappa shape index (κ1) is 10.3. The Balaban J connectivity index is 2.51. The number of methoxy groups -OCH3 is 1. The molecule has 1 N–H and O–H groups in total. The Hall–Kier alpha value is -1.22. The predicted octanol–water partition coefficient (Wildman–Crippen LogP) is 2.42. The molecule has 1 aliphatic rings. The van der Waals surface area contributed by atoms with Crippen LogP contribution in [0.25, 0.3) is 0 Å². The smallest absolute Gasteiger partial charge is 0.161 e. The number of phenols is 1. The molecule has 1 aromatic carbocycles. The molecule has 1 heterocycles. The molecular weight excluding hydrogens is 192 g/mol. The Morgan fingerprint density at radius 1 is 1.40 bits per heavy atom. The first-order chi connectivity index (χ1) is 7.13. The van der Waals surface area contributed by atoms with Crippen LogP contribution in [0.4, 0.5) is 0 Å². The molecule has 0 aromatic heterocycles. The summed E-state index contributed by atoms with van der Waals surface area (Å²) in [4.78, 5) is 0. The summed E-state index contributed by atoms with van der Waals surface area (Å²) in [5.74, 6) is 0.798. The molecular formula is C12H16O3. The molecule has 0 amide bonds. The van der Waals surface area contributed by atoms with Gasteiger partial charge in [-0.1, -0.05) is 6.07 Å². The SMILES string of the molecule is COc1ccc2c(c1O)C[C@@H](C)O[C@@H]2C. The quantitative estimate of drug-likeness (QED) is 0.770. The summed E-state index contributed by atoms with van der Waals surface area (Å²) < 4.78 is 10.8. The van der Waals surface area contributed by atoms with E-state index in [2.05, 4.69) is 0 Å². The average Bonchev–Trinajstić information content (AvgIpc) is 2.19. The average molecular weight is 208 g/mol. The molecule has 1 aromatic rings. The van der Waals surface area contributed by atoms with Crippen LogP contribution in [0, 0.1) is 0 Å². The molecule has 0 bridgehead atoms. The maximum atomic E-state index is 9.99. The highest BCUT2D eigenvalue weighted by Crippen LogP contribution is 2.39. The van der Waals surface area contributed by atoms with E-state index in [1.54, 1.807) is 13.2 Å². The number of benzene rings is 1. The zero-order valence-electron chi connectivity index (χ0n) is 9.28. The fourth-order valence-electron chi connectivity index (χ4n) is 2.15. The number of hydrogen-bond acceptors (Lipinski definition) is 3. The van der Waals surface area contributed by atoms with Gasteiger partial charge in [0.1, 0.15) is 0 Å². The van der Waals surface area contributed by atoms with Gasteiger partial charge in [0.15, 0.2) is 11.5 Å². The van der Waals surface area contributed by atoms with Crippen molar-refractivity contribution in [1.29, 1.82) is 0 Å². The molecule has 3 nitrogen and oxygen atoms in total. The Morgan fingerprint density at radius 2 is 2.13 bits per heavy atom. The van der Waals surface area contributed by atoms with E-state index in [1.165, 1.54) is 0 Å². The van der Waals surface area contributed by atoms with E-state index in [4.69, 9.17) is 9.47 Å². The third-order valence-corrected chi connectivity index (χ3v) is 2.87.